The maximum absolute atomic E-state index is 10.1. The van der Waals surface area contributed by atoms with Gasteiger partial charge in [-0.05, 0) is 0 Å². The van der Waals surface area contributed by atoms with Crippen molar-refractivity contribution in [1.82, 2.24) is 0 Å². The standard InChI is InChI=1S/4Li.H5O10P3.2H2O/c;;;;1-11(2,3)9-13(7,8)10-12(4,5)6;;/h;;;;(H,7,8)(H2,1,2,3)(H2,4,5,6);2*1H2/q4*+1;;;/p-4. The molecule has 12 nitrogen and oxygen atoms in total. The van der Waals surface area contributed by atoms with E-state index in [1.165, 1.54) is 0 Å². The van der Waals surface area contributed by atoms with Crippen molar-refractivity contribution < 1.29 is 133 Å². The monoisotopic (exact) mass is 318 g/mol. The third-order valence-electron chi connectivity index (χ3n) is 0.403. The zero-order valence-electron chi connectivity index (χ0n) is 10.5. The molecule has 0 saturated carbocycles. The van der Waals surface area contributed by atoms with Crippen molar-refractivity contribution in [3.05, 3.63) is 0 Å². The molecule has 0 aliphatic heterocycles. The molecule has 2 atom stereocenters. The van der Waals surface area contributed by atoms with E-state index in [0.717, 1.165) is 0 Å². The molecule has 0 aromatic rings. The zero-order chi connectivity index (χ0) is 10.9. The Balaban J connectivity index is -0.0000000480. The first-order chi connectivity index (χ1) is 5.41. The molecule has 0 amide bonds. The predicted octanol–water partition coefficient (Wildman–Crippen LogP) is -16.9. The van der Waals surface area contributed by atoms with Crippen molar-refractivity contribution in [3.8, 4) is 0 Å². The summed E-state index contributed by atoms with van der Waals surface area (Å²) in [4.78, 5) is 47.0. The van der Waals surface area contributed by atoms with Crippen molar-refractivity contribution in [3.63, 3.8) is 0 Å². The molecule has 0 radical (unpaired) electrons. The summed E-state index contributed by atoms with van der Waals surface area (Å²) in [5.41, 5.74) is 0. The van der Waals surface area contributed by atoms with Crippen molar-refractivity contribution >= 4 is 23.5 Å². The molecule has 0 heterocycles. The quantitative estimate of drug-likeness (QED) is 0.378. The summed E-state index contributed by atoms with van der Waals surface area (Å²) < 4.78 is 35.0. The molecule has 96 valence electrons. The van der Waals surface area contributed by atoms with E-state index in [0.29, 0.717) is 0 Å². The third-order valence-corrected chi connectivity index (χ3v) is 3.63. The molecule has 0 fully saturated rings. The molecule has 2 unspecified atom stereocenters. The van der Waals surface area contributed by atoms with Crippen LogP contribution in [0.25, 0.3) is 0 Å². The Morgan fingerprint density at radius 2 is 1.00 bits per heavy atom. The molecule has 0 aromatic heterocycles. The maximum atomic E-state index is 10.1. The maximum Gasteiger partial charge on any atom is 1.00 e. The van der Waals surface area contributed by atoms with Gasteiger partial charge in [0.05, 0.1) is 7.82 Å². The predicted molar refractivity (Wildman–Crippen MR) is 34.4 cm³/mol. The Morgan fingerprint density at radius 1 is 0.737 bits per heavy atom. The first-order valence-corrected chi connectivity index (χ1v) is 6.62. The minimum atomic E-state index is -5.95. The molecular weight excluding hydrogens is 313 g/mol. The van der Waals surface area contributed by atoms with E-state index < -0.39 is 23.5 Å². The largest absolute Gasteiger partial charge is 1.00 e. The second kappa shape index (κ2) is 15.6. The first kappa shape index (κ1) is 43.0. The average molecular weight is 318 g/mol. The fourth-order valence-corrected chi connectivity index (χ4v) is 2.64. The van der Waals surface area contributed by atoms with E-state index in [1.54, 1.807) is 0 Å². The summed E-state index contributed by atoms with van der Waals surface area (Å²) in [6, 6.07) is 0. The summed E-state index contributed by atoms with van der Waals surface area (Å²) in [6.45, 7) is 0. The number of hydrogen-bond acceptors (Lipinski definition) is 9. The average Bonchev–Trinajstić information content (AvgIpc) is 1.43. The van der Waals surface area contributed by atoms with Gasteiger partial charge in [-0.25, -0.2) is 4.31 Å². The van der Waals surface area contributed by atoms with Crippen LogP contribution in [0.5, 0.6) is 0 Å². The van der Waals surface area contributed by atoms with Gasteiger partial charge in [0.2, 0.25) is 0 Å². The van der Waals surface area contributed by atoms with Gasteiger partial charge in [-0.1, -0.05) is 0 Å². The van der Waals surface area contributed by atoms with Crippen LogP contribution < -0.4 is 95.0 Å². The van der Waals surface area contributed by atoms with Crippen LogP contribution in [-0.4, -0.2) is 15.8 Å². The summed E-state index contributed by atoms with van der Waals surface area (Å²) in [7, 11) is -17.6. The fourth-order valence-electron chi connectivity index (χ4n) is 0.264. The summed E-state index contributed by atoms with van der Waals surface area (Å²) in [5.74, 6) is 0. The van der Waals surface area contributed by atoms with Crippen LogP contribution in [0.2, 0.25) is 0 Å². The normalized spacial score (nSPS) is 15.0. The number of phosphoric acid groups is 3. The molecule has 0 bridgehead atoms. The number of rotatable bonds is 4. The van der Waals surface area contributed by atoms with Crippen LogP contribution in [-0.2, 0) is 22.3 Å². The van der Waals surface area contributed by atoms with E-state index in [1.807, 2.05) is 0 Å². The van der Waals surface area contributed by atoms with Crippen molar-refractivity contribution in [2.75, 3.05) is 0 Å². The molecule has 0 aliphatic rings. The van der Waals surface area contributed by atoms with Crippen molar-refractivity contribution in [2.24, 2.45) is 0 Å². The minimum Gasteiger partial charge on any atom is -0.790 e. The van der Waals surface area contributed by atoms with Gasteiger partial charge < -0.3 is 40.0 Å². The Kier molecular flexibility index (Phi) is 35.4. The number of hydrogen-bond donors (Lipinski definition) is 1. The van der Waals surface area contributed by atoms with E-state index in [2.05, 4.69) is 8.62 Å². The van der Waals surface area contributed by atoms with Crippen LogP contribution in [0, 0.1) is 0 Å². The summed E-state index contributed by atoms with van der Waals surface area (Å²) in [6.07, 6.45) is 0. The van der Waals surface area contributed by atoms with Gasteiger partial charge >= 0.3 is 75.4 Å². The molecule has 0 rings (SSSR count). The van der Waals surface area contributed by atoms with Gasteiger partial charge in [-0.15, -0.1) is 0 Å². The van der Waals surface area contributed by atoms with E-state index in [9.17, 15) is 33.3 Å². The minimum absolute atomic E-state index is 0. The molecule has 0 aromatic carbocycles. The van der Waals surface area contributed by atoms with Crippen LogP contribution >= 0.6 is 23.5 Å². The van der Waals surface area contributed by atoms with Crippen LogP contribution in [0.4, 0.5) is 0 Å². The molecule has 0 aliphatic carbocycles. The van der Waals surface area contributed by atoms with Gasteiger partial charge in [-0.3, -0.25) is 13.4 Å². The van der Waals surface area contributed by atoms with E-state index >= 15 is 0 Å². The third kappa shape index (κ3) is 33.5. The fraction of sp³-hybridized carbons (Fsp3) is 0. The van der Waals surface area contributed by atoms with Crippen molar-refractivity contribution in [1.29, 1.82) is 0 Å². The van der Waals surface area contributed by atoms with Gasteiger partial charge in [0.1, 0.15) is 0 Å². The SMILES string of the molecule is O.O.O=P([O-])([O-])OP(=O)([O-])OP(=O)([O-])O.[Li+].[Li+].[Li+].[Li+]. The van der Waals surface area contributed by atoms with Crippen LogP contribution in [0.3, 0.4) is 0 Å². The van der Waals surface area contributed by atoms with Gasteiger partial charge in [0.25, 0.3) is 15.6 Å². The summed E-state index contributed by atoms with van der Waals surface area (Å²) >= 11 is 0. The molecule has 0 saturated heterocycles. The van der Waals surface area contributed by atoms with Crippen molar-refractivity contribution in [2.45, 2.75) is 0 Å². The molecule has 0 spiro atoms. The second-order valence-corrected chi connectivity index (χ2v) is 5.56. The Morgan fingerprint density at radius 3 is 1.16 bits per heavy atom. The van der Waals surface area contributed by atoms with Crippen LogP contribution in [0.15, 0.2) is 0 Å². The first-order valence-electron chi connectivity index (χ1n) is 2.21. The molecule has 5 N–H and O–H groups in total. The molecule has 19 heteroatoms. The molecule has 19 heavy (non-hydrogen) atoms. The van der Waals surface area contributed by atoms with Gasteiger partial charge in [0.15, 0.2) is 0 Å². The summed E-state index contributed by atoms with van der Waals surface area (Å²) in [5, 5.41) is 0. The Hall–Kier alpha value is 2.72. The van der Waals surface area contributed by atoms with Gasteiger partial charge in [0, 0.05) is 0 Å². The zero-order valence-corrected chi connectivity index (χ0v) is 13.1. The van der Waals surface area contributed by atoms with Crippen LogP contribution in [0.1, 0.15) is 0 Å². The van der Waals surface area contributed by atoms with E-state index in [4.69, 9.17) is 4.89 Å². The Bertz CT molecular complexity index is 287. The topological polar surface area (TPSA) is 245 Å². The second-order valence-electron chi connectivity index (χ2n) is 1.53. The smallest absolute Gasteiger partial charge is 0.790 e. The molecular formula is H5Li4O12P3. The van der Waals surface area contributed by atoms with Gasteiger partial charge in [-0.2, -0.15) is 0 Å². The van der Waals surface area contributed by atoms with E-state index in [-0.39, 0.29) is 86.4 Å². The Labute approximate surface area is 155 Å².